The maximum atomic E-state index is 13.8. The maximum absolute atomic E-state index is 13.8. The van der Waals surface area contributed by atoms with Gasteiger partial charge >= 0.3 is 5.97 Å². The lowest BCUT2D eigenvalue weighted by atomic mass is 9.83. The number of benzene rings is 2. The van der Waals surface area contributed by atoms with Gasteiger partial charge in [-0.2, -0.15) is 10.5 Å². The van der Waals surface area contributed by atoms with Crippen LogP contribution in [-0.2, 0) is 14.3 Å². The van der Waals surface area contributed by atoms with Crippen LogP contribution < -0.4 is 5.73 Å². The van der Waals surface area contributed by atoms with Crippen LogP contribution in [0.15, 0.2) is 99.9 Å². The molecule has 43 heavy (non-hydrogen) atoms. The third-order valence-electron chi connectivity index (χ3n) is 6.56. The number of ether oxygens (including phenoxy) is 2. The SMILES string of the molecule is CCOC(=O)C1=C(CSc2nc(-c3cccs3)cc(-c3ccc(Cl)cc3)c2C#N)OC(N)=C(C#N)[C@H]1c1ccc(F)cc1. The number of nitrogens with zero attached hydrogens (tertiary/aromatic N) is 3. The molecule has 1 aliphatic heterocycles. The summed E-state index contributed by atoms with van der Waals surface area (Å²) in [5.74, 6) is -2.12. The van der Waals surface area contributed by atoms with E-state index in [9.17, 15) is 19.7 Å². The molecule has 2 aromatic carbocycles. The summed E-state index contributed by atoms with van der Waals surface area (Å²) in [5.41, 5.74) is 9.17. The lowest BCUT2D eigenvalue weighted by Gasteiger charge is -2.28. The highest BCUT2D eigenvalue weighted by molar-refractivity contribution is 7.99. The highest BCUT2D eigenvalue weighted by Gasteiger charge is 2.38. The molecule has 0 amide bonds. The average molecular weight is 629 g/mol. The Bertz CT molecular complexity index is 1820. The second kappa shape index (κ2) is 13.1. The smallest absolute Gasteiger partial charge is 0.338 e. The number of esters is 1. The first kappa shape index (κ1) is 29.9. The molecule has 1 atom stereocenters. The third kappa shape index (κ3) is 6.27. The van der Waals surface area contributed by atoms with Crippen molar-refractivity contribution in [2.45, 2.75) is 17.9 Å². The van der Waals surface area contributed by atoms with Gasteiger partial charge in [0.1, 0.15) is 34.3 Å². The molecule has 2 aromatic heterocycles. The van der Waals surface area contributed by atoms with Gasteiger partial charge in [0.15, 0.2) is 0 Å². The highest BCUT2D eigenvalue weighted by Crippen LogP contribution is 2.42. The van der Waals surface area contributed by atoms with Gasteiger partial charge in [-0.05, 0) is 59.8 Å². The Kier molecular flexibility index (Phi) is 9.13. The molecule has 0 radical (unpaired) electrons. The van der Waals surface area contributed by atoms with Gasteiger partial charge in [-0.25, -0.2) is 14.2 Å². The number of hydrogen-bond donors (Lipinski definition) is 1. The second-order valence-electron chi connectivity index (χ2n) is 9.15. The number of aromatic nitrogens is 1. The number of rotatable bonds is 8. The molecular weight excluding hydrogens is 607 g/mol. The zero-order valence-corrected chi connectivity index (χ0v) is 25.0. The minimum atomic E-state index is -0.945. The van der Waals surface area contributed by atoms with Crippen LogP contribution >= 0.6 is 34.7 Å². The molecule has 1 aliphatic rings. The number of carbonyl (C=O) groups is 1. The predicted octanol–water partition coefficient (Wildman–Crippen LogP) is 7.56. The van der Waals surface area contributed by atoms with Crippen LogP contribution in [0, 0.1) is 28.5 Å². The van der Waals surface area contributed by atoms with Crippen LogP contribution in [0.2, 0.25) is 5.02 Å². The zero-order valence-electron chi connectivity index (χ0n) is 22.6. The minimum absolute atomic E-state index is 0.00367. The van der Waals surface area contributed by atoms with E-state index in [2.05, 4.69) is 6.07 Å². The van der Waals surface area contributed by atoms with Gasteiger partial charge < -0.3 is 15.2 Å². The summed E-state index contributed by atoms with van der Waals surface area (Å²) in [4.78, 5) is 19.1. The molecule has 2 N–H and O–H groups in total. The number of nitrogens with two attached hydrogens (primary N) is 1. The number of pyridine rings is 1. The third-order valence-corrected chi connectivity index (χ3v) is 8.68. The number of hydrogen-bond acceptors (Lipinski definition) is 9. The van der Waals surface area contributed by atoms with E-state index in [1.54, 1.807) is 19.1 Å². The molecule has 214 valence electrons. The van der Waals surface area contributed by atoms with Gasteiger partial charge in [0.25, 0.3) is 0 Å². The van der Waals surface area contributed by atoms with Gasteiger partial charge in [-0.15, -0.1) is 11.3 Å². The van der Waals surface area contributed by atoms with E-state index in [-0.39, 0.29) is 35.1 Å². The molecule has 0 bridgehead atoms. The summed E-state index contributed by atoms with van der Waals surface area (Å²) in [5, 5.41) is 23.1. The number of halogens is 2. The quantitative estimate of drug-likeness (QED) is 0.157. The Morgan fingerprint density at radius 3 is 2.53 bits per heavy atom. The van der Waals surface area contributed by atoms with Crippen molar-refractivity contribution >= 4 is 40.7 Å². The van der Waals surface area contributed by atoms with Gasteiger partial charge in [-0.3, -0.25) is 0 Å². The molecule has 0 saturated heterocycles. The maximum Gasteiger partial charge on any atom is 0.338 e. The molecule has 3 heterocycles. The molecule has 11 heteroatoms. The topological polar surface area (TPSA) is 122 Å². The fraction of sp³-hybridized carbons (Fsp3) is 0.125. The van der Waals surface area contributed by atoms with Crippen LogP contribution in [0.5, 0.6) is 0 Å². The Morgan fingerprint density at radius 2 is 1.91 bits per heavy atom. The molecule has 4 aromatic rings. The number of allylic oxidation sites excluding steroid dienone is 1. The van der Waals surface area contributed by atoms with Gasteiger partial charge in [0.2, 0.25) is 5.88 Å². The van der Waals surface area contributed by atoms with Crippen molar-refractivity contribution in [1.82, 2.24) is 4.98 Å². The number of thiophene rings is 1. The van der Waals surface area contributed by atoms with Crippen LogP contribution in [0.1, 0.15) is 24.0 Å². The van der Waals surface area contributed by atoms with Crippen molar-refractivity contribution in [3.63, 3.8) is 0 Å². The van der Waals surface area contributed by atoms with E-state index < -0.39 is 17.7 Å². The van der Waals surface area contributed by atoms with E-state index >= 15 is 0 Å². The number of nitriles is 2. The van der Waals surface area contributed by atoms with Crippen molar-refractivity contribution < 1.29 is 18.7 Å². The Balaban J connectivity index is 1.62. The summed E-state index contributed by atoms with van der Waals surface area (Å²) in [6.07, 6.45) is 0. The van der Waals surface area contributed by atoms with E-state index in [0.717, 1.165) is 10.4 Å². The van der Waals surface area contributed by atoms with Crippen LogP contribution in [0.4, 0.5) is 4.39 Å². The normalized spacial score (nSPS) is 14.6. The van der Waals surface area contributed by atoms with Crippen LogP contribution in [-0.4, -0.2) is 23.3 Å². The summed E-state index contributed by atoms with van der Waals surface area (Å²) in [6, 6.07) is 22.6. The van der Waals surface area contributed by atoms with Crippen LogP contribution in [0.3, 0.4) is 0 Å². The van der Waals surface area contributed by atoms with Crippen LogP contribution in [0.25, 0.3) is 21.7 Å². The van der Waals surface area contributed by atoms with Crippen molar-refractivity contribution in [3.8, 4) is 33.8 Å². The highest BCUT2D eigenvalue weighted by atomic mass is 35.5. The van der Waals surface area contributed by atoms with Gasteiger partial charge in [-0.1, -0.05) is 53.7 Å². The lowest BCUT2D eigenvalue weighted by molar-refractivity contribution is -0.139. The van der Waals surface area contributed by atoms with Gasteiger partial charge in [0.05, 0.1) is 40.0 Å². The second-order valence-corrected chi connectivity index (χ2v) is 11.5. The molecule has 0 unspecified atom stereocenters. The van der Waals surface area contributed by atoms with E-state index in [1.807, 2.05) is 41.8 Å². The zero-order chi connectivity index (χ0) is 30.5. The summed E-state index contributed by atoms with van der Waals surface area (Å²) in [7, 11) is 0. The molecule has 0 saturated carbocycles. The Labute approximate surface area is 260 Å². The molecule has 0 spiro atoms. The Morgan fingerprint density at radius 1 is 1.16 bits per heavy atom. The van der Waals surface area contributed by atoms with E-state index in [4.69, 9.17) is 31.8 Å². The first-order valence-corrected chi connectivity index (χ1v) is 15.2. The van der Waals surface area contributed by atoms with E-state index in [1.165, 1.54) is 47.4 Å². The number of carbonyl (C=O) groups excluding carboxylic acids is 1. The largest absolute Gasteiger partial charge is 0.463 e. The molecular formula is C32H22ClFN4O3S2. The number of thioether (sulfide) groups is 1. The predicted molar refractivity (Wildman–Crippen MR) is 164 cm³/mol. The fourth-order valence-electron chi connectivity index (χ4n) is 4.62. The first-order chi connectivity index (χ1) is 20.8. The fourth-order valence-corrected chi connectivity index (χ4v) is 6.38. The lowest BCUT2D eigenvalue weighted by Crippen LogP contribution is -2.27. The van der Waals surface area contributed by atoms with Crippen molar-refractivity contribution in [2.24, 2.45) is 5.73 Å². The monoisotopic (exact) mass is 628 g/mol. The van der Waals surface area contributed by atoms with Crippen molar-refractivity contribution in [3.05, 3.63) is 117 Å². The summed E-state index contributed by atoms with van der Waals surface area (Å²) < 4.78 is 25.0. The molecule has 0 fully saturated rings. The first-order valence-electron chi connectivity index (χ1n) is 13.0. The average Bonchev–Trinajstić information content (AvgIpc) is 3.55. The molecule has 0 aliphatic carbocycles. The molecule has 7 nitrogen and oxygen atoms in total. The Hall–Kier alpha value is -4.61. The molecule has 5 rings (SSSR count). The standard InChI is InChI=1S/C32H22ClFN4O3S2/c1-2-40-32(39)29-26(41-30(37)24(16-36)28(29)19-7-11-21(34)12-8-19)17-43-31-23(15-35)22(18-5-9-20(33)10-6-18)14-25(38-31)27-4-3-13-42-27/h3-14,28H,2,17,37H2,1H3/t28-/m1/s1. The summed E-state index contributed by atoms with van der Waals surface area (Å²) in [6.45, 7) is 1.74. The van der Waals surface area contributed by atoms with Gasteiger partial charge in [0, 0.05) is 10.6 Å². The minimum Gasteiger partial charge on any atom is -0.463 e. The van der Waals surface area contributed by atoms with Crippen molar-refractivity contribution in [1.29, 1.82) is 10.5 Å². The van der Waals surface area contributed by atoms with E-state index in [0.29, 0.717) is 32.4 Å². The van der Waals surface area contributed by atoms with Crippen molar-refractivity contribution in [2.75, 3.05) is 12.4 Å². The summed E-state index contributed by atoms with van der Waals surface area (Å²) >= 11 is 8.82.